The molecule has 2 amide bonds. The predicted octanol–water partition coefficient (Wildman–Crippen LogP) is 3.87. The van der Waals surface area contributed by atoms with Gasteiger partial charge in [0.25, 0.3) is 26.2 Å². The van der Waals surface area contributed by atoms with E-state index in [0.717, 1.165) is 11.1 Å². The lowest BCUT2D eigenvalue weighted by Gasteiger charge is -2.11. The second kappa shape index (κ2) is 11.1. The Bertz CT molecular complexity index is 1490. The van der Waals surface area contributed by atoms with Crippen LogP contribution in [0.5, 0.6) is 0 Å². The summed E-state index contributed by atoms with van der Waals surface area (Å²) in [6.45, 7) is 2.19. The summed E-state index contributed by atoms with van der Waals surface area (Å²) in [6.07, 6.45) is 0.641. The van der Waals surface area contributed by atoms with E-state index in [-0.39, 0.29) is 20.7 Å². The quantitative estimate of drug-likeness (QED) is 0.287. The zero-order valence-electron chi connectivity index (χ0n) is 19.3. The summed E-state index contributed by atoms with van der Waals surface area (Å²) in [5.41, 5.74) is 2.57. The SMILES string of the molecule is Cc1ccccc1C(=O)Nc1nnc(S(=O)(=O)Nc2ccccc2C(=O)NCCc2ccccc2)s1. The number of nitrogens with one attached hydrogen (secondary N) is 3. The first-order valence-corrected chi connectivity index (χ1v) is 13.3. The molecule has 4 aromatic rings. The highest BCUT2D eigenvalue weighted by Gasteiger charge is 2.24. The number of rotatable bonds is 9. The molecule has 0 atom stereocenters. The van der Waals surface area contributed by atoms with Gasteiger partial charge < -0.3 is 5.32 Å². The van der Waals surface area contributed by atoms with Gasteiger partial charge in [0.2, 0.25) is 5.13 Å². The maximum absolute atomic E-state index is 13.0. The van der Waals surface area contributed by atoms with Crippen LogP contribution in [0.3, 0.4) is 0 Å². The number of nitrogens with zero attached hydrogens (tertiary/aromatic N) is 2. The number of aryl methyl sites for hydroxylation is 1. The van der Waals surface area contributed by atoms with Crippen LogP contribution in [0.4, 0.5) is 10.8 Å². The summed E-state index contributed by atoms with van der Waals surface area (Å²) < 4.78 is 28.0. The molecule has 0 saturated heterocycles. The van der Waals surface area contributed by atoms with E-state index >= 15 is 0 Å². The number of hydrogen-bond donors (Lipinski definition) is 3. The Morgan fingerprint density at radius 3 is 2.25 bits per heavy atom. The normalized spacial score (nSPS) is 11.0. The van der Waals surface area contributed by atoms with E-state index in [1.165, 1.54) is 12.1 Å². The van der Waals surface area contributed by atoms with Crippen LogP contribution in [-0.2, 0) is 16.4 Å². The summed E-state index contributed by atoms with van der Waals surface area (Å²) in [5.74, 6) is -0.827. The fourth-order valence-corrected chi connectivity index (χ4v) is 5.36. The zero-order chi connectivity index (χ0) is 25.5. The molecule has 4 rings (SSSR count). The smallest absolute Gasteiger partial charge is 0.291 e. The van der Waals surface area contributed by atoms with Crippen molar-refractivity contribution in [3.63, 3.8) is 0 Å². The molecule has 0 spiro atoms. The molecule has 3 aromatic carbocycles. The van der Waals surface area contributed by atoms with Crippen molar-refractivity contribution < 1.29 is 18.0 Å². The highest BCUT2D eigenvalue weighted by atomic mass is 32.2. The third kappa shape index (κ3) is 6.12. The Morgan fingerprint density at radius 2 is 1.50 bits per heavy atom. The van der Waals surface area contributed by atoms with Crippen molar-refractivity contribution in [2.24, 2.45) is 0 Å². The van der Waals surface area contributed by atoms with E-state index in [1.54, 1.807) is 37.3 Å². The highest BCUT2D eigenvalue weighted by molar-refractivity contribution is 7.94. The maximum Gasteiger partial charge on any atom is 0.291 e. The Hall–Kier alpha value is -4.09. The van der Waals surface area contributed by atoms with Crippen LogP contribution < -0.4 is 15.4 Å². The zero-order valence-corrected chi connectivity index (χ0v) is 20.9. The first-order chi connectivity index (χ1) is 17.3. The van der Waals surface area contributed by atoms with E-state index < -0.39 is 21.8 Å². The Kier molecular flexibility index (Phi) is 7.71. The van der Waals surface area contributed by atoms with E-state index in [9.17, 15) is 18.0 Å². The first kappa shape index (κ1) is 25.0. The van der Waals surface area contributed by atoms with Crippen LogP contribution in [-0.4, -0.2) is 37.0 Å². The van der Waals surface area contributed by atoms with Gasteiger partial charge in [-0.2, -0.15) is 8.42 Å². The standard InChI is InChI=1S/C25H23N5O4S2/c1-17-9-5-6-12-19(17)23(32)27-24-28-29-25(35-24)36(33,34)30-21-14-8-7-13-20(21)22(31)26-16-15-18-10-3-2-4-11-18/h2-14,30H,15-16H2,1H3,(H,26,31)(H,27,28,32). The van der Waals surface area contributed by atoms with Gasteiger partial charge in [0.15, 0.2) is 0 Å². The predicted molar refractivity (Wildman–Crippen MR) is 139 cm³/mol. The third-order valence-corrected chi connectivity index (χ3v) is 7.78. The monoisotopic (exact) mass is 521 g/mol. The molecule has 0 saturated carbocycles. The van der Waals surface area contributed by atoms with Gasteiger partial charge in [0, 0.05) is 12.1 Å². The molecule has 184 valence electrons. The van der Waals surface area contributed by atoms with E-state index in [4.69, 9.17) is 0 Å². The molecule has 3 N–H and O–H groups in total. The topological polar surface area (TPSA) is 130 Å². The summed E-state index contributed by atoms with van der Waals surface area (Å²) in [7, 11) is -4.16. The maximum atomic E-state index is 13.0. The number of sulfonamides is 1. The second-order valence-corrected chi connectivity index (χ2v) is 10.6. The van der Waals surface area contributed by atoms with Crippen LogP contribution >= 0.6 is 11.3 Å². The number of hydrogen-bond acceptors (Lipinski definition) is 7. The van der Waals surface area contributed by atoms with Gasteiger partial charge in [-0.05, 0) is 42.7 Å². The van der Waals surface area contributed by atoms with Crippen LogP contribution in [0.2, 0.25) is 0 Å². The van der Waals surface area contributed by atoms with Gasteiger partial charge in [-0.1, -0.05) is 72.0 Å². The van der Waals surface area contributed by atoms with Crippen molar-refractivity contribution >= 4 is 44.0 Å². The molecule has 0 unspecified atom stereocenters. The number of para-hydroxylation sites is 1. The molecule has 1 heterocycles. The minimum Gasteiger partial charge on any atom is -0.352 e. The first-order valence-electron chi connectivity index (χ1n) is 11.0. The Balaban J connectivity index is 1.43. The van der Waals surface area contributed by atoms with E-state index in [1.807, 2.05) is 36.4 Å². The molecule has 9 nitrogen and oxygen atoms in total. The molecule has 1 aromatic heterocycles. The number of aromatic nitrogens is 2. The van der Waals surface area contributed by atoms with E-state index in [0.29, 0.717) is 29.9 Å². The van der Waals surface area contributed by atoms with Crippen molar-refractivity contribution in [1.29, 1.82) is 0 Å². The van der Waals surface area contributed by atoms with Crippen LogP contribution in [0.1, 0.15) is 31.8 Å². The molecule has 0 bridgehead atoms. The average molecular weight is 522 g/mol. The minimum absolute atomic E-state index is 0.0376. The fraction of sp³-hybridized carbons (Fsp3) is 0.120. The third-order valence-electron chi connectivity index (χ3n) is 5.20. The molecular weight excluding hydrogens is 498 g/mol. The summed E-state index contributed by atoms with van der Waals surface area (Å²) in [6, 6.07) is 23.0. The number of anilines is 2. The molecule has 0 aliphatic carbocycles. The van der Waals surface area contributed by atoms with Gasteiger partial charge in [-0.25, -0.2) is 0 Å². The molecule has 0 aliphatic rings. The fourth-order valence-electron chi connectivity index (χ4n) is 3.38. The van der Waals surface area contributed by atoms with Gasteiger partial charge in [0.05, 0.1) is 11.3 Å². The number of benzene rings is 3. The molecule has 0 radical (unpaired) electrons. The van der Waals surface area contributed by atoms with Crippen LogP contribution in [0, 0.1) is 6.92 Å². The Labute approximate surface area is 212 Å². The Morgan fingerprint density at radius 1 is 0.833 bits per heavy atom. The van der Waals surface area contributed by atoms with Crippen molar-refractivity contribution in [3.8, 4) is 0 Å². The summed E-state index contributed by atoms with van der Waals surface area (Å²) in [4.78, 5) is 25.2. The number of amides is 2. The molecular formula is C25H23N5O4S2. The summed E-state index contributed by atoms with van der Waals surface area (Å²) >= 11 is 0.708. The highest BCUT2D eigenvalue weighted by Crippen LogP contribution is 2.25. The van der Waals surface area contributed by atoms with Crippen LogP contribution in [0.25, 0.3) is 0 Å². The van der Waals surface area contributed by atoms with Crippen molar-refractivity contribution in [3.05, 3.63) is 101 Å². The molecule has 11 heteroatoms. The minimum atomic E-state index is -4.16. The largest absolute Gasteiger partial charge is 0.352 e. The van der Waals surface area contributed by atoms with Crippen LogP contribution in [0.15, 0.2) is 83.2 Å². The number of carbonyl (C=O) groups excluding carboxylic acids is 2. The van der Waals surface area contributed by atoms with Crippen molar-refractivity contribution in [2.75, 3.05) is 16.6 Å². The second-order valence-electron chi connectivity index (χ2n) is 7.78. The molecule has 0 fully saturated rings. The molecule has 36 heavy (non-hydrogen) atoms. The molecule has 0 aliphatic heterocycles. The van der Waals surface area contributed by atoms with Gasteiger partial charge in [-0.3, -0.25) is 19.6 Å². The average Bonchev–Trinajstić information content (AvgIpc) is 3.34. The van der Waals surface area contributed by atoms with Gasteiger partial charge in [-0.15, -0.1) is 10.2 Å². The van der Waals surface area contributed by atoms with Crippen molar-refractivity contribution in [2.45, 2.75) is 17.7 Å². The number of carbonyl (C=O) groups is 2. The lowest BCUT2D eigenvalue weighted by molar-refractivity contribution is 0.0954. The van der Waals surface area contributed by atoms with Crippen molar-refractivity contribution in [1.82, 2.24) is 15.5 Å². The van der Waals surface area contributed by atoms with Gasteiger partial charge in [0.1, 0.15) is 0 Å². The van der Waals surface area contributed by atoms with E-state index in [2.05, 4.69) is 25.6 Å². The lowest BCUT2D eigenvalue weighted by Crippen LogP contribution is -2.27. The lowest BCUT2D eigenvalue weighted by atomic mass is 10.1. The summed E-state index contributed by atoms with van der Waals surface area (Å²) in [5, 5.41) is 12.9. The van der Waals surface area contributed by atoms with Gasteiger partial charge >= 0.3 is 0 Å².